The lowest BCUT2D eigenvalue weighted by Crippen LogP contribution is -2.47. The Morgan fingerprint density at radius 3 is 2.70 bits per heavy atom. The zero-order valence-corrected chi connectivity index (χ0v) is 14.1. The summed E-state index contributed by atoms with van der Waals surface area (Å²) in [5.41, 5.74) is 0.338. The van der Waals surface area contributed by atoms with Crippen LogP contribution in [0, 0.1) is 5.41 Å². The third-order valence-electron chi connectivity index (χ3n) is 4.88. The van der Waals surface area contributed by atoms with E-state index in [0.717, 1.165) is 25.9 Å². The van der Waals surface area contributed by atoms with Gasteiger partial charge in [0.2, 0.25) is 5.91 Å². The molecular formula is C14H23N5O3S. The molecule has 128 valence electrons. The Morgan fingerprint density at radius 1 is 1.39 bits per heavy atom. The highest BCUT2D eigenvalue weighted by Gasteiger charge is 2.38. The molecule has 9 heteroatoms. The lowest BCUT2D eigenvalue weighted by molar-refractivity contribution is -0.132. The average molecular weight is 341 g/mol. The molecule has 2 aliphatic rings. The molecule has 0 atom stereocenters. The molecule has 2 saturated heterocycles. The lowest BCUT2D eigenvalue weighted by atomic mass is 9.78. The monoisotopic (exact) mass is 341 g/mol. The molecular weight excluding hydrogens is 318 g/mol. The fraction of sp³-hybridized carbons (Fsp3) is 0.714. The van der Waals surface area contributed by atoms with E-state index in [1.54, 1.807) is 16.5 Å². The Hall–Kier alpha value is -1.45. The summed E-state index contributed by atoms with van der Waals surface area (Å²) in [7, 11) is -2.04. The van der Waals surface area contributed by atoms with Crippen LogP contribution in [0.4, 0.5) is 0 Å². The molecule has 1 spiro atoms. The Labute approximate surface area is 136 Å². The van der Waals surface area contributed by atoms with E-state index in [9.17, 15) is 13.2 Å². The van der Waals surface area contributed by atoms with Crippen molar-refractivity contribution in [2.75, 3.05) is 32.7 Å². The van der Waals surface area contributed by atoms with E-state index in [-0.39, 0.29) is 17.5 Å². The van der Waals surface area contributed by atoms with Crippen LogP contribution >= 0.6 is 0 Å². The molecule has 23 heavy (non-hydrogen) atoms. The summed E-state index contributed by atoms with van der Waals surface area (Å²) in [6, 6.07) is 0. The zero-order valence-electron chi connectivity index (χ0n) is 13.3. The third kappa shape index (κ3) is 3.56. The van der Waals surface area contributed by atoms with Crippen molar-refractivity contribution in [1.29, 1.82) is 0 Å². The SMILES string of the molecule is Cn1cnc(S(=O)(=O)NCC(=O)N2CCC3(CCNC3)CC2)c1. The number of likely N-dealkylation sites (tertiary alicyclic amines) is 1. The van der Waals surface area contributed by atoms with Crippen LogP contribution in [0.5, 0.6) is 0 Å². The van der Waals surface area contributed by atoms with Gasteiger partial charge in [-0.3, -0.25) is 4.79 Å². The van der Waals surface area contributed by atoms with E-state index in [0.29, 0.717) is 18.5 Å². The predicted octanol–water partition coefficient (Wildman–Crippen LogP) is -0.699. The van der Waals surface area contributed by atoms with Crippen LogP contribution in [0.2, 0.25) is 0 Å². The summed E-state index contributed by atoms with van der Waals surface area (Å²) >= 11 is 0. The molecule has 2 fully saturated rings. The Balaban J connectivity index is 1.52. The van der Waals surface area contributed by atoms with Gasteiger partial charge >= 0.3 is 0 Å². The van der Waals surface area contributed by atoms with E-state index in [1.807, 2.05) is 0 Å². The van der Waals surface area contributed by atoms with Crippen LogP contribution in [-0.2, 0) is 21.9 Å². The van der Waals surface area contributed by atoms with Crippen molar-refractivity contribution in [2.24, 2.45) is 12.5 Å². The molecule has 0 radical (unpaired) electrons. The van der Waals surface area contributed by atoms with Gasteiger partial charge in [0.25, 0.3) is 10.0 Å². The first kappa shape index (κ1) is 16.4. The van der Waals surface area contributed by atoms with E-state index >= 15 is 0 Å². The first-order valence-electron chi connectivity index (χ1n) is 7.86. The fourth-order valence-electron chi connectivity index (χ4n) is 3.32. The molecule has 0 saturated carbocycles. The van der Waals surface area contributed by atoms with E-state index in [2.05, 4.69) is 15.0 Å². The minimum atomic E-state index is -3.73. The third-order valence-corrected chi connectivity index (χ3v) is 6.16. The summed E-state index contributed by atoms with van der Waals surface area (Å²) in [4.78, 5) is 17.8. The Morgan fingerprint density at radius 2 is 2.13 bits per heavy atom. The van der Waals surface area contributed by atoms with Crippen molar-refractivity contribution in [3.63, 3.8) is 0 Å². The smallest absolute Gasteiger partial charge is 0.260 e. The van der Waals surface area contributed by atoms with Gasteiger partial charge in [0.1, 0.15) is 0 Å². The highest BCUT2D eigenvalue weighted by molar-refractivity contribution is 7.89. The number of nitrogens with one attached hydrogen (secondary N) is 2. The number of sulfonamides is 1. The predicted molar refractivity (Wildman–Crippen MR) is 84.1 cm³/mol. The van der Waals surface area contributed by atoms with Crippen LogP contribution in [0.15, 0.2) is 17.6 Å². The lowest BCUT2D eigenvalue weighted by Gasteiger charge is -2.38. The molecule has 3 heterocycles. The highest BCUT2D eigenvalue weighted by Crippen LogP contribution is 2.36. The van der Waals surface area contributed by atoms with Gasteiger partial charge in [0, 0.05) is 32.9 Å². The number of carbonyl (C=O) groups is 1. The van der Waals surface area contributed by atoms with Crippen LogP contribution in [0.1, 0.15) is 19.3 Å². The number of aromatic nitrogens is 2. The summed E-state index contributed by atoms with van der Waals surface area (Å²) in [6.07, 6.45) is 5.96. The number of carbonyl (C=O) groups excluding carboxylic acids is 1. The minimum Gasteiger partial charge on any atom is -0.342 e. The van der Waals surface area contributed by atoms with Crippen LogP contribution < -0.4 is 10.0 Å². The second-order valence-electron chi connectivity index (χ2n) is 6.51. The average Bonchev–Trinajstić information content (AvgIpc) is 3.16. The minimum absolute atomic E-state index is 0.0672. The zero-order chi connectivity index (χ0) is 16.5. The molecule has 1 aromatic heterocycles. The molecule has 1 aromatic rings. The molecule has 8 nitrogen and oxygen atoms in total. The summed E-state index contributed by atoms with van der Waals surface area (Å²) in [5, 5.41) is 3.32. The van der Waals surface area contributed by atoms with Crippen LogP contribution in [0.3, 0.4) is 0 Å². The van der Waals surface area contributed by atoms with Crippen molar-refractivity contribution < 1.29 is 13.2 Å². The number of amides is 1. The molecule has 2 N–H and O–H groups in total. The first-order chi connectivity index (χ1) is 10.9. The number of nitrogens with zero attached hydrogens (tertiary/aromatic N) is 3. The Kier molecular flexibility index (Phi) is 4.43. The van der Waals surface area contributed by atoms with Crippen molar-refractivity contribution in [3.8, 4) is 0 Å². The summed E-state index contributed by atoms with van der Waals surface area (Å²) in [6.45, 7) is 3.26. The van der Waals surface area contributed by atoms with Gasteiger partial charge < -0.3 is 14.8 Å². The van der Waals surface area contributed by atoms with Crippen LogP contribution in [0.25, 0.3) is 0 Å². The van der Waals surface area contributed by atoms with Gasteiger partial charge in [-0.05, 0) is 31.2 Å². The standard InChI is InChI=1S/C14H23N5O3S/c1-18-9-12(16-11-18)23(21,22)17-8-13(20)19-6-3-14(4-7-19)2-5-15-10-14/h9,11,15,17H,2-8,10H2,1H3. The molecule has 0 aliphatic carbocycles. The second-order valence-corrected chi connectivity index (χ2v) is 8.22. The molecule has 0 unspecified atom stereocenters. The maximum absolute atomic E-state index is 12.2. The molecule has 0 aromatic carbocycles. The summed E-state index contributed by atoms with van der Waals surface area (Å²) < 4.78 is 28.0. The Bertz CT molecular complexity index is 668. The molecule has 0 bridgehead atoms. The fourth-order valence-corrected chi connectivity index (χ4v) is 4.28. The van der Waals surface area contributed by atoms with E-state index < -0.39 is 10.0 Å². The summed E-state index contributed by atoms with van der Waals surface area (Å²) in [5.74, 6) is -0.176. The van der Waals surface area contributed by atoms with Gasteiger partial charge in [-0.1, -0.05) is 0 Å². The van der Waals surface area contributed by atoms with Crippen molar-refractivity contribution in [3.05, 3.63) is 12.5 Å². The van der Waals surface area contributed by atoms with Gasteiger partial charge in [-0.15, -0.1) is 0 Å². The largest absolute Gasteiger partial charge is 0.342 e. The first-order valence-corrected chi connectivity index (χ1v) is 9.35. The maximum atomic E-state index is 12.2. The van der Waals surface area contributed by atoms with Crippen molar-refractivity contribution in [1.82, 2.24) is 24.5 Å². The van der Waals surface area contributed by atoms with E-state index in [4.69, 9.17) is 0 Å². The number of rotatable bonds is 4. The van der Waals surface area contributed by atoms with Gasteiger partial charge in [0.15, 0.2) is 5.03 Å². The molecule has 3 rings (SSSR count). The van der Waals surface area contributed by atoms with Crippen LogP contribution in [-0.4, -0.2) is 61.5 Å². The van der Waals surface area contributed by atoms with Crippen molar-refractivity contribution in [2.45, 2.75) is 24.3 Å². The highest BCUT2D eigenvalue weighted by atomic mass is 32.2. The number of hydrogen-bond donors (Lipinski definition) is 2. The van der Waals surface area contributed by atoms with Crippen molar-refractivity contribution >= 4 is 15.9 Å². The van der Waals surface area contributed by atoms with Gasteiger partial charge in [0.05, 0.1) is 12.9 Å². The van der Waals surface area contributed by atoms with Gasteiger partial charge in [-0.2, -0.15) is 0 Å². The number of hydrogen-bond acceptors (Lipinski definition) is 5. The molecule has 2 aliphatic heterocycles. The number of aryl methyl sites for hydroxylation is 1. The molecule has 1 amide bonds. The normalized spacial score (nSPS) is 21.0. The second kappa shape index (κ2) is 6.21. The quantitative estimate of drug-likeness (QED) is 0.755. The van der Waals surface area contributed by atoms with E-state index in [1.165, 1.54) is 18.9 Å². The maximum Gasteiger partial charge on any atom is 0.260 e. The number of piperidine rings is 1. The van der Waals surface area contributed by atoms with Gasteiger partial charge in [-0.25, -0.2) is 18.1 Å². The topological polar surface area (TPSA) is 96.3 Å². The number of imidazole rings is 1.